The molecule has 20 heavy (non-hydrogen) atoms. The number of hydrogen-bond acceptors (Lipinski definition) is 6. The van der Waals surface area contributed by atoms with E-state index in [1.807, 2.05) is 27.8 Å². The molecular weight excluding hydrogens is 254 g/mol. The lowest BCUT2D eigenvalue weighted by atomic mass is 10.2. The highest BCUT2D eigenvalue weighted by atomic mass is 16.5. The number of hydrogen-bond donors (Lipinski definition) is 2. The fraction of sp³-hybridized carbons (Fsp3) is 0.714. The molecule has 0 radical (unpaired) electrons. The Morgan fingerprint density at radius 1 is 1.35 bits per heavy atom. The molecule has 0 amide bonds. The molecule has 0 unspecified atom stereocenters. The topological polar surface area (TPSA) is 76.3 Å². The van der Waals surface area contributed by atoms with Crippen LogP contribution < -0.4 is 16.2 Å². The largest absolute Gasteiger partial charge is 0.377 e. The van der Waals surface area contributed by atoms with E-state index in [4.69, 9.17) is 10.6 Å². The molecule has 0 saturated heterocycles. The van der Waals surface area contributed by atoms with Crippen LogP contribution in [0.25, 0.3) is 0 Å². The second-order valence-corrected chi connectivity index (χ2v) is 5.17. The van der Waals surface area contributed by atoms with Crippen molar-refractivity contribution in [3.63, 3.8) is 0 Å². The van der Waals surface area contributed by atoms with Gasteiger partial charge in [-0.25, -0.2) is 15.8 Å². The Morgan fingerprint density at radius 3 is 2.60 bits per heavy atom. The molecule has 0 spiro atoms. The minimum absolute atomic E-state index is 0.242. The van der Waals surface area contributed by atoms with Crippen LogP contribution in [0, 0.1) is 6.92 Å². The third-order valence-electron chi connectivity index (χ3n) is 3.02. The van der Waals surface area contributed by atoms with Crippen molar-refractivity contribution in [1.29, 1.82) is 0 Å². The molecule has 0 aliphatic heterocycles. The van der Waals surface area contributed by atoms with Gasteiger partial charge in [-0.1, -0.05) is 6.92 Å². The zero-order valence-electron chi connectivity index (χ0n) is 13.2. The number of aryl methyl sites for hydroxylation is 1. The number of hydrazine groups is 1. The van der Waals surface area contributed by atoms with Crippen LogP contribution in [0.15, 0.2) is 0 Å². The fourth-order valence-electron chi connectivity index (χ4n) is 1.93. The molecule has 1 rings (SSSR count). The van der Waals surface area contributed by atoms with Crippen LogP contribution in [0.1, 0.15) is 38.6 Å². The van der Waals surface area contributed by atoms with E-state index >= 15 is 0 Å². The van der Waals surface area contributed by atoms with Crippen LogP contribution in [0.3, 0.4) is 0 Å². The lowest BCUT2D eigenvalue weighted by Crippen LogP contribution is -2.27. The molecule has 0 fully saturated rings. The molecule has 0 saturated carbocycles. The van der Waals surface area contributed by atoms with Crippen molar-refractivity contribution in [2.75, 3.05) is 30.5 Å². The van der Waals surface area contributed by atoms with Crippen LogP contribution in [-0.4, -0.2) is 36.3 Å². The number of rotatable bonds is 8. The van der Waals surface area contributed by atoms with E-state index in [1.165, 1.54) is 0 Å². The maximum absolute atomic E-state index is 5.58. The van der Waals surface area contributed by atoms with Crippen molar-refractivity contribution in [2.24, 2.45) is 5.84 Å². The zero-order valence-corrected chi connectivity index (χ0v) is 13.2. The van der Waals surface area contributed by atoms with Gasteiger partial charge in [0.15, 0.2) is 0 Å². The Hall–Kier alpha value is -1.40. The van der Waals surface area contributed by atoms with Crippen molar-refractivity contribution in [1.82, 2.24) is 9.97 Å². The van der Waals surface area contributed by atoms with Crippen molar-refractivity contribution < 1.29 is 4.74 Å². The lowest BCUT2D eigenvalue weighted by Gasteiger charge is -2.22. The molecule has 0 aromatic carbocycles. The second-order valence-electron chi connectivity index (χ2n) is 5.17. The number of nitrogens with two attached hydrogens (primary N) is 1. The van der Waals surface area contributed by atoms with Crippen LogP contribution in [-0.2, 0) is 11.2 Å². The number of aromatic nitrogens is 2. The van der Waals surface area contributed by atoms with Gasteiger partial charge in [0.05, 0.1) is 12.7 Å². The molecule has 6 nitrogen and oxygen atoms in total. The van der Waals surface area contributed by atoms with Gasteiger partial charge in [0, 0.05) is 25.6 Å². The first-order chi connectivity index (χ1) is 9.49. The van der Waals surface area contributed by atoms with Crippen LogP contribution >= 0.6 is 0 Å². The highest BCUT2D eigenvalue weighted by Crippen LogP contribution is 2.22. The number of ether oxygens (including phenoxy) is 1. The number of anilines is 2. The average Bonchev–Trinajstić information content (AvgIpc) is 2.40. The summed E-state index contributed by atoms with van der Waals surface area (Å²) in [7, 11) is 2.01. The molecule has 0 bridgehead atoms. The fourth-order valence-corrected chi connectivity index (χ4v) is 1.93. The van der Waals surface area contributed by atoms with Gasteiger partial charge in [-0.15, -0.1) is 0 Å². The number of nitrogens with zero attached hydrogens (tertiary/aromatic N) is 3. The summed E-state index contributed by atoms with van der Waals surface area (Å²) in [5.74, 6) is 7.95. The first-order valence-corrected chi connectivity index (χ1v) is 7.16. The molecule has 0 aliphatic rings. The Labute approximate surface area is 121 Å². The number of nitrogen functional groups attached to an aromatic ring is 1. The smallest absolute Gasteiger partial charge is 0.148 e. The van der Waals surface area contributed by atoms with Crippen molar-refractivity contribution in [2.45, 2.75) is 46.6 Å². The van der Waals surface area contributed by atoms with Crippen molar-refractivity contribution >= 4 is 11.6 Å². The molecule has 0 atom stereocenters. The van der Waals surface area contributed by atoms with Crippen LogP contribution in [0.4, 0.5) is 11.6 Å². The summed E-state index contributed by atoms with van der Waals surface area (Å²) in [6.45, 7) is 9.61. The maximum atomic E-state index is 5.58. The molecule has 1 aromatic rings. The van der Waals surface area contributed by atoms with E-state index in [0.717, 1.165) is 36.6 Å². The van der Waals surface area contributed by atoms with E-state index in [1.54, 1.807) is 0 Å². The standard InChI is InChI=1S/C14H27N5O/c1-6-7-12-16-13(18-15)11(4)14(17-12)19(5)8-9-20-10(2)3/h10H,6-9,15H2,1-5H3,(H,16,17,18). The number of nitrogens with one attached hydrogen (secondary N) is 1. The minimum Gasteiger partial charge on any atom is -0.377 e. The molecular formula is C14H27N5O. The highest BCUT2D eigenvalue weighted by Gasteiger charge is 2.13. The van der Waals surface area contributed by atoms with Gasteiger partial charge in [0.2, 0.25) is 0 Å². The van der Waals surface area contributed by atoms with Crippen molar-refractivity contribution in [3.05, 3.63) is 11.4 Å². The normalized spacial score (nSPS) is 10.9. The molecule has 1 aromatic heterocycles. The van der Waals surface area contributed by atoms with Crippen molar-refractivity contribution in [3.8, 4) is 0 Å². The first kappa shape index (κ1) is 16.7. The Balaban J connectivity index is 2.88. The zero-order chi connectivity index (χ0) is 15.1. The molecule has 6 heteroatoms. The van der Waals surface area contributed by atoms with E-state index in [-0.39, 0.29) is 6.10 Å². The van der Waals surface area contributed by atoms with Gasteiger partial charge >= 0.3 is 0 Å². The van der Waals surface area contributed by atoms with Gasteiger partial charge in [-0.05, 0) is 27.2 Å². The lowest BCUT2D eigenvalue weighted by molar-refractivity contribution is 0.0845. The van der Waals surface area contributed by atoms with Gasteiger partial charge < -0.3 is 15.1 Å². The summed E-state index contributed by atoms with van der Waals surface area (Å²) in [6, 6.07) is 0. The minimum atomic E-state index is 0.242. The molecule has 1 heterocycles. The number of likely N-dealkylation sites (N-methyl/N-ethyl adjacent to an activating group) is 1. The predicted molar refractivity (Wildman–Crippen MR) is 82.9 cm³/mol. The van der Waals surface area contributed by atoms with E-state index < -0.39 is 0 Å². The monoisotopic (exact) mass is 281 g/mol. The summed E-state index contributed by atoms with van der Waals surface area (Å²) in [5.41, 5.74) is 3.61. The van der Waals surface area contributed by atoms with E-state index in [0.29, 0.717) is 12.4 Å². The van der Waals surface area contributed by atoms with E-state index in [9.17, 15) is 0 Å². The SMILES string of the molecule is CCCc1nc(NN)c(C)c(N(C)CCOC(C)C)n1. The summed E-state index contributed by atoms with van der Waals surface area (Å²) >= 11 is 0. The van der Waals surface area contributed by atoms with Gasteiger partial charge in [-0.2, -0.15) is 0 Å². The molecule has 114 valence electrons. The van der Waals surface area contributed by atoms with Gasteiger partial charge in [-0.3, -0.25) is 0 Å². The summed E-state index contributed by atoms with van der Waals surface area (Å²) in [4.78, 5) is 11.1. The predicted octanol–water partition coefficient (Wildman–Crippen LogP) is 1.88. The Kier molecular flexibility index (Phi) is 6.67. The first-order valence-electron chi connectivity index (χ1n) is 7.16. The third-order valence-corrected chi connectivity index (χ3v) is 3.02. The Morgan fingerprint density at radius 2 is 2.05 bits per heavy atom. The third kappa shape index (κ3) is 4.61. The summed E-state index contributed by atoms with van der Waals surface area (Å²) in [5, 5.41) is 0. The second kappa shape index (κ2) is 8.01. The Bertz CT molecular complexity index is 422. The molecule has 3 N–H and O–H groups in total. The van der Waals surface area contributed by atoms with Gasteiger partial charge in [0.25, 0.3) is 0 Å². The van der Waals surface area contributed by atoms with Gasteiger partial charge in [0.1, 0.15) is 17.5 Å². The summed E-state index contributed by atoms with van der Waals surface area (Å²) < 4.78 is 5.58. The quantitative estimate of drug-likeness (QED) is 0.560. The van der Waals surface area contributed by atoms with Crippen LogP contribution in [0.2, 0.25) is 0 Å². The average molecular weight is 281 g/mol. The highest BCUT2D eigenvalue weighted by molar-refractivity contribution is 5.57. The maximum Gasteiger partial charge on any atom is 0.148 e. The summed E-state index contributed by atoms with van der Waals surface area (Å²) in [6.07, 6.45) is 2.09. The molecule has 0 aliphatic carbocycles. The van der Waals surface area contributed by atoms with E-state index in [2.05, 4.69) is 27.2 Å². The van der Waals surface area contributed by atoms with Crippen LogP contribution in [0.5, 0.6) is 0 Å².